The number of nitrogens with one attached hydrogen (secondary N) is 1. The maximum atomic E-state index is 11.8. The highest BCUT2D eigenvalue weighted by Gasteiger charge is 2.61. The molecule has 23 heavy (non-hydrogen) atoms. The summed E-state index contributed by atoms with van der Waals surface area (Å²) in [6, 6.07) is 0.951. The SMILES string of the molecule is CC(=O)C(O)[C@H]1O[C@@H](n2ccc(=O)[nH]c2=O)[C@@](O)(C(C)=O)[C@@H]1O. The molecular weight excluding hydrogens is 312 g/mol. The lowest BCUT2D eigenvalue weighted by Gasteiger charge is -2.29. The predicted octanol–water partition coefficient (Wildman–Crippen LogP) is -2.94. The number of aliphatic hydroxyl groups is 3. The minimum absolute atomic E-state index is 0.693. The van der Waals surface area contributed by atoms with E-state index in [1.54, 1.807) is 0 Å². The van der Waals surface area contributed by atoms with Gasteiger partial charge in [-0.15, -0.1) is 0 Å². The van der Waals surface area contributed by atoms with Gasteiger partial charge in [0.05, 0.1) is 0 Å². The molecule has 0 bridgehead atoms. The van der Waals surface area contributed by atoms with Crippen molar-refractivity contribution < 1.29 is 29.6 Å². The highest BCUT2D eigenvalue weighted by molar-refractivity contribution is 5.87. The van der Waals surface area contributed by atoms with E-state index in [1.807, 2.05) is 4.98 Å². The molecule has 1 saturated heterocycles. The number of hydrogen-bond acceptors (Lipinski definition) is 8. The first-order valence-corrected chi connectivity index (χ1v) is 6.67. The zero-order valence-corrected chi connectivity index (χ0v) is 12.3. The van der Waals surface area contributed by atoms with Crippen molar-refractivity contribution in [2.75, 3.05) is 0 Å². The van der Waals surface area contributed by atoms with Crippen molar-refractivity contribution in [3.05, 3.63) is 33.1 Å². The second-order valence-electron chi connectivity index (χ2n) is 5.35. The molecule has 1 fully saturated rings. The third kappa shape index (κ3) is 2.65. The van der Waals surface area contributed by atoms with Gasteiger partial charge in [0.15, 0.2) is 23.4 Å². The van der Waals surface area contributed by atoms with Crippen LogP contribution in [0.15, 0.2) is 21.9 Å². The molecule has 10 heteroatoms. The number of H-pyrrole nitrogens is 1. The van der Waals surface area contributed by atoms with Gasteiger partial charge in [-0.3, -0.25) is 23.9 Å². The average Bonchev–Trinajstić information content (AvgIpc) is 2.72. The van der Waals surface area contributed by atoms with E-state index in [4.69, 9.17) is 4.74 Å². The van der Waals surface area contributed by atoms with Crippen LogP contribution in [0.2, 0.25) is 0 Å². The minimum atomic E-state index is -2.58. The first kappa shape index (κ1) is 17.2. The number of carbonyl (C=O) groups is 2. The van der Waals surface area contributed by atoms with Crippen LogP contribution in [0.1, 0.15) is 20.1 Å². The fraction of sp³-hybridized carbons (Fsp3) is 0.538. The third-order valence-corrected chi connectivity index (χ3v) is 3.82. The van der Waals surface area contributed by atoms with E-state index in [9.17, 15) is 34.5 Å². The average molecular weight is 328 g/mol. The van der Waals surface area contributed by atoms with Crippen molar-refractivity contribution in [1.82, 2.24) is 9.55 Å². The molecule has 126 valence electrons. The molecule has 0 amide bonds. The number of nitrogens with zero attached hydrogens (tertiary/aromatic N) is 1. The molecule has 1 aliphatic heterocycles. The van der Waals surface area contributed by atoms with Crippen molar-refractivity contribution in [3.63, 3.8) is 0 Å². The molecule has 2 heterocycles. The molecule has 1 aliphatic rings. The molecule has 0 aromatic carbocycles. The van der Waals surface area contributed by atoms with Gasteiger partial charge in [-0.1, -0.05) is 0 Å². The Hall–Kier alpha value is -2.14. The maximum Gasteiger partial charge on any atom is 0.330 e. The van der Waals surface area contributed by atoms with Gasteiger partial charge < -0.3 is 20.1 Å². The summed E-state index contributed by atoms with van der Waals surface area (Å²) < 4.78 is 5.92. The van der Waals surface area contributed by atoms with E-state index >= 15 is 0 Å². The lowest BCUT2D eigenvalue weighted by molar-refractivity contribution is -0.157. The van der Waals surface area contributed by atoms with E-state index in [0.29, 0.717) is 4.57 Å². The molecule has 0 spiro atoms. The Morgan fingerprint density at radius 3 is 2.48 bits per heavy atom. The predicted molar refractivity (Wildman–Crippen MR) is 73.6 cm³/mol. The van der Waals surface area contributed by atoms with Crippen LogP contribution in [-0.2, 0) is 14.3 Å². The van der Waals surface area contributed by atoms with Gasteiger partial charge in [0.1, 0.15) is 18.3 Å². The number of Topliss-reactive ketones (excluding diaryl/α,β-unsaturated/α-hetero) is 2. The second kappa shape index (κ2) is 5.81. The molecule has 0 saturated carbocycles. The number of carbonyl (C=O) groups excluding carboxylic acids is 2. The molecule has 1 unspecified atom stereocenters. The standard InChI is InChI=1S/C13H16N2O8/c1-5(16)8(19)9-10(20)13(22,6(2)17)11(23-9)15-4-3-7(18)14-12(15)21/h3-4,8-11,19-20,22H,1-2H3,(H,14,18,21)/t8?,9-,10-,11-,13-/m1/s1. The molecule has 0 radical (unpaired) electrons. The van der Waals surface area contributed by atoms with Crippen LogP contribution in [-0.4, -0.2) is 60.4 Å². The fourth-order valence-electron chi connectivity index (χ4n) is 2.47. The van der Waals surface area contributed by atoms with E-state index < -0.39 is 53.0 Å². The number of aromatic amines is 1. The van der Waals surface area contributed by atoms with E-state index in [2.05, 4.69) is 0 Å². The van der Waals surface area contributed by atoms with Crippen molar-refractivity contribution in [2.24, 2.45) is 0 Å². The van der Waals surface area contributed by atoms with E-state index in [1.165, 1.54) is 0 Å². The molecule has 4 N–H and O–H groups in total. The lowest BCUT2D eigenvalue weighted by Crippen LogP contribution is -2.55. The monoisotopic (exact) mass is 328 g/mol. The molecule has 2 rings (SSSR count). The summed E-state index contributed by atoms with van der Waals surface area (Å²) in [5, 5.41) is 30.5. The summed E-state index contributed by atoms with van der Waals surface area (Å²) in [4.78, 5) is 48.0. The summed E-state index contributed by atoms with van der Waals surface area (Å²) in [6.45, 7) is 1.99. The topological polar surface area (TPSA) is 159 Å². The molecule has 5 atom stereocenters. The van der Waals surface area contributed by atoms with Crippen LogP contribution in [0.5, 0.6) is 0 Å². The number of hydrogen-bond donors (Lipinski definition) is 4. The van der Waals surface area contributed by atoms with Gasteiger partial charge in [0.2, 0.25) is 0 Å². The van der Waals surface area contributed by atoms with Crippen LogP contribution in [0.3, 0.4) is 0 Å². The molecule has 1 aromatic heterocycles. The number of rotatable bonds is 4. The summed E-state index contributed by atoms with van der Waals surface area (Å²) in [5.41, 5.74) is -4.28. The number of ketones is 2. The van der Waals surface area contributed by atoms with Gasteiger partial charge in [-0.05, 0) is 13.8 Å². The van der Waals surface area contributed by atoms with Crippen LogP contribution in [0, 0.1) is 0 Å². The normalized spacial score (nSPS) is 31.8. The number of aliphatic hydroxyl groups excluding tert-OH is 2. The lowest BCUT2D eigenvalue weighted by atomic mass is 9.88. The Kier molecular flexibility index (Phi) is 4.35. The van der Waals surface area contributed by atoms with Crippen LogP contribution in [0.4, 0.5) is 0 Å². The van der Waals surface area contributed by atoms with Crippen LogP contribution < -0.4 is 11.2 Å². The smallest absolute Gasteiger partial charge is 0.330 e. The van der Waals surface area contributed by atoms with Crippen LogP contribution >= 0.6 is 0 Å². The second-order valence-corrected chi connectivity index (χ2v) is 5.35. The van der Waals surface area contributed by atoms with Gasteiger partial charge in [0.25, 0.3) is 5.56 Å². The molecule has 1 aromatic rings. The zero-order valence-electron chi connectivity index (χ0n) is 12.3. The minimum Gasteiger partial charge on any atom is -0.387 e. The Bertz CT molecular complexity index is 753. The first-order chi connectivity index (χ1) is 10.6. The van der Waals surface area contributed by atoms with Gasteiger partial charge in [-0.2, -0.15) is 0 Å². The zero-order chi connectivity index (χ0) is 17.5. The highest BCUT2D eigenvalue weighted by atomic mass is 16.6. The number of ether oxygens (including phenoxy) is 1. The Morgan fingerprint density at radius 2 is 2.00 bits per heavy atom. The maximum absolute atomic E-state index is 11.8. The van der Waals surface area contributed by atoms with E-state index in [0.717, 1.165) is 26.1 Å². The first-order valence-electron chi connectivity index (χ1n) is 6.67. The molecule has 10 nitrogen and oxygen atoms in total. The summed E-state index contributed by atoms with van der Waals surface area (Å²) in [5.74, 6) is -1.69. The summed E-state index contributed by atoms with van der Waals surface area (Å²) >= 11 is 0. The Morgan fingerprint density at radius 1 is 1.39 bits per heavy atom. The molecular formula is C13H16N2O8. The van der Waals surface area contributed by atoms with Crippen molar-refractivity contribution in [2.45, 2.75) is 44.0 Å². The van der Waals surface area contributed by atoms with Gasteiger partial charge >= 0.3 is 5.69 Å². The summed E-state index contributed by atoms with van der Waals surface area (Å²) in [6.07, 6.45) is -6.14. The summed E-state index contributed by atoms with van der Waals surface area (Å²) in [7, 11) is 0. The fourth-order valence-corrected chi connectivity index (χ4v) is 2.47. The Balaban J connectivity index is 2.56. The number of aromatic nitrogens is 2. The van der Waals surface area contributed by atoms with Crippen LogP contribution in [0.25, 0.3) is 0 Å². The highest BCUT2D eigenvalue weighted by Crippen LogP contribution is 2.39. The van der Waals surface area contributed by atoms with Gasteiger partial charge in [-0.25, -0.2) is 4.79 Å². The van der Waals surface area contributed by atoms with Crippen molar-refractivity contribution in [1.29, 1.82) is 0 Å². The van der Waals surface area contributed by atoms with E-state index in [-0.39, 0.29) is 0 Å². The largest absolute Gasteiger partial charge is 0.387 e. The Labute approximate surface area is 129 Å². The van der Waals surface area contributed by atoms with Crippen molar-refractivity contribution >= 4 is 11.6 Å². The quantitative estimate of drug-likeness (QED) is 0.457. The third-order valence-electron chi connectivity index (χ3n) is 3.82. The molecule has 0 aliphatic carbocycles. The van der Waals surface area contributed by atoms with Gasteiger partial charge in [0, 0.05) is 12.3 Å². The van der Waals surface area contributed by atoms with Crippen molar-refractivity contribution in [3.8, 4) is 0 Å².